The van der Waals surface area contributed by atoms with Crippen molar-refractivity contribution in [2.75, 3.05) is 19.0 Å². The van der Waals surface area contributed by atoms with E-state index in [0.717, 1.165) is 12.1 Å². The van der Waals surface area contributed by atoms with Crippen LogP contribution in [0.4, 0.5) is 5.69 Å². The molecule has 0 spiro atoms. The third-order valence-electron chi connectivity index (χ3n) is 2.98. The van der Waals surface area contributed by atoms with E-state index >= 15 is 0 Å². The molecule has 1 N–H and O–H groups in total. The van der Waals surface area contributed by atoms with Crippen LogP contribution in [-0.4, -0.2) is 23.4 Å². The van der Waals surface area contributed by atoms with E-state index in [1.807, 2.05) is 6.92 Å². The Morgan fingerprint density at radius 3 is 2.86 bits per heavy atom. The number of rotatable bonds is 5. The minimum absolute atomic E-state index is 0.210. The van der Waals surface area contributed by atoms with Crippen LogP contribution in [0.25, 0.3) is 0 Å². The molecule has 0 aliphatic rings. The molecule has 0 aliphatic heterocycles. The lowest BCUT2D eigenvalue weighted by Gasteiger charge is -2.10. The first-order valence-corrected chi connectivity index (χ1v) is 6.56. The Hall–Kier alpha value is -2.81. The monoisotopic (exact) mass is 284 g/mol. The Morgan fingerprint density at radius 1 is 1.43 bits per heavy atom. The quantitative estimate of drug-likeness (QED) is 0.902. The van der Waals surface area contributed by atoms with Gasteiger partial charge in [-0.05, 0) is 25.1 Å². The molecule has 0 bridgehead atoms. The van der Waals surface area contributed by atoms with Gasteiger partial charge in [0.25, 0.3) is 5.56 Å². The number of nitrogens with one attached hydrogen (secondary N) is 1. The molecular formula is C15H16N4O2. The molecule has 2 aromatic rings. The zero-order valence-electron chi connectivity index (χ0n) is 12.0. The van der Waals surface area contributed by atoms with Crippen molar-refractivity contribution in [3.05, 3.63) is 51.9 Å². The Bertz CT molecular complexity index is 731. The minimum atomic E-state index is -0.210. The lowest BCUT2D eigenvalue weighted by molar-refractivity contribution is 0.406. The van der Waals surface area contributed by atoms with Crippen molar-refractivity contribution in [1.82, 2.24) is 9.78 Å². The van der Waals surface area contributed by atoms with Crippen LogP contribution in [0.1, 0.15) is 18.1 Å². The van der Waals surface area contributed by atoms with Crippen molar-refractivity contribution in [2.24, 2.45) is 0 Å². The highest BCUT2D eigenvalue weighted by Gasteiger charge is 2.08. The second-order valence-electron chi connectivity index (χ2n) is 4.41. The van der Waals surface area contributed by atoms with Crippen LogP contribution in [0.15, 0.2) is 35.3 Å². The Labute approximate surface area is 122 Å². The average molecular weight is 284 g/mol. The first-order valence-electron chi connectivity index (χ1n) is 6.56. The van der Waals surface area contributed by atoms with Gasteiger partial charge in [-0.3, -0.25) is 4.79 Å². The van der Waals surface area contributed by atoms with Gasteiger partial charge in [-0.15, -0.1) is 0 Å². The van der Waals surface area contributed by atoms with Crippen molar-refractivity contribution >= 4 is 5.69 Å². The van der Waals surface area contributed by atoms with Gasteiger partial charge >= 0.3 is 0 Å². The molecule has 0 aliphatic carbocycles. The zero-order valence-corrected chi connectivity index (χ0v) is 12.0. The highest BCUT2D eigenvalue weighted by atomic mass is 16.5. The van der Waals surface area contributed by atoms with Crippen molar-refractivity contribution in [2.45, 2.75) is 13.5 Å². The second-order valence-corrected chi connectivity index (χ2v) is 4.41. The van der Waals surface area contributed by atoms with E-state index in [4.69, 9.17) is 10.00 Å². The van der Waals surface area contributed by atoms with Crippen LogP contribution in [-0.2, 0) is 6.54 Å². The topological polar surface area (TPSA) is 79.9 Å². The fourth-order valence-corrected chi connectivity index (χ4v) is 1.99. The van der Waals surface area contributed by atoms with Gasteiger partial charge in [0.15, 0.2) is 0 Å². The number of nitrogens with zero attached hydrogens (tertiary/aromatic N) is 3. The third kappa shape index (κ3) is 3.39. The van der Waals surface area contributed by atoms with Crippen LogP contribution in [0.3, 0.4) is 0 Å². The summed E-state index contributed by atoms with van der Waals surface area (Å²) in [5.41, 5.74) is 1.74. The number of ether oxygens (including phenoxy) is 1. The molecule has 0 radical (unpaired) electrons. The Kier molecular flexibility index (Phi) is 4.57. The van der Waals surface area contributed by atoms with Gasteiger partial charge in [0, 0.05) is 18.2 Å². The van der Waals surface area contributed by atoms with E-state index in [-0.39, 0.29) is 12.1 Å². The lowest BCUT2D eigenvalue weighted by Crippen LogP contribution is -2.23. The molecule has 21 heavy (non-hydrogen) atoms. The number of nitriles is 1. The van der Waals surface area contributed by atoms with Gasteiger partial charge in [-0.1, -0.05) is 0 Å². The molecule has 1 aromatic carbocycles. The zero-order chi connectivity index (χ0) is 15.2. The fraction of sp³-hybridized carbons (Fsp3) is 0.267. The summed E-state index contributed by atoms with van der Waals surface area (Å²) in [5.74, 6) is 0.624. The third-order valence-corrected chi connectivity index (χ3v) is 2.98. The van der Waals surface area contributed by atoms with Gasteiger partial charge in [0.2, 0.25) is 0 Å². The summed E-state index contributed by atoms with van der Waals surface area (Å²) in [7, 11) is 1.55. The largest absolute Gasteiger partial charge is 0.496 e. The summed E-state index contributed by atoms with van der Waals surface area (Å²) >= 11 is 0. The molecule has 108 valence electrons. The molecule has 1 aromatic heterocycles. The van der Waals surface area contributed by atoms with Gasteiger partial charge < -0.3 is 10.1 Å². The van der Waals surface area contributed by atoms with E-state index in [1.54, 1.807) is 31.5 Å². The van der Waals surface area contributed by atoms with Crippen molar-refractivity contribution in [1.29, 1.82) is 5.26 Å². The van der Waals surface area contributed by atoms with E-state index in [2.05, 4.69) is 16.5 Å². The molecule has 0 amide bonds. The number of hydrogen-bond donors (Lipinski definition) is 1. The highest BCUT2D eigenvalue weighted by molar-refractivity contribution is 5.42. The molecule has 0 atom stereocenters. The normalized spacial score (nSPS) is 9.95. The molecule has 6 nitrogen and oxygen atoms in total. The summed E-state index contributed by atoms with van der Waals surface area (Å²) in [5, 5.41) is 16.1. The predicted molar refractivity (Wildman–Crippen MR) is 79.5 cm³/mol. The number of hydrogen-bond acceptors (Lipinski definition) is 5. The van der Waals surface area contributed by atoms with E-state index in [1.165, 1.54) is 10.7 Å². The van der Waals surface area contributed by atoms with Crippen molar-refractivity contribution in [3.8, 4) is 11.8 Å². The van der Waals surface area contributed by atoms with Gasteiger partial charge in [0.05, 0.1) is 37.2 Å². The summed E-state index contributed by atoms with van der Waals surface area (Å²) < 4.78 is 6.59. The molecular weight excluding hydrogens is 268 g/mol. The van der Waals surface area contributed by atoms with Crippen molar-refractivity contribution in [3.63, 3.8) is 0 Å². The molecule has 0 saturated carbocycles. The molecule has 1 heterocycles. The summed E-state index contributed by atoms with van der Waals surface area (Å²) in [6.45, 7) is 2.93. The molecule has 0 fully saturated rings. The smallest absolute Gasteiger partial charge is 0.269 e. The second kappa shape index (κ2) is 6.57. The minimum Gasteiger partial charge on any atom is -0.496 e. The number of benzene rings is 1. The van der Waals surface area contributed by atoms with E-state index in [0.29, 0.717) is 17.0 Å². The Balaban J connectivity index is 2.34. The molecule has 2 rings (SSSR count). The fourth-order valence-electron chi connectivity index (χ4n) is 1.99. The standard InChI is InChI=1S/C15H16N4O2/c1-3-17-13-7-15(20)19(18-9-13)10-12-6-11(8-16)4-5-14(12)21-2/h4-7,9,17H,3,10H2,1-2H3. The summed E-state index contributed by atoms with van der Waals surface area (Å²) in [6.07, 6.45) is 1.60. The Morgan fingerprint density at radius 2 is 2.24 bits per heavy atom. The maximum absolute atomic E-state index is 12.0. The highest BCUT2D eigenvalue weighted by Crippen LogP contribution is 2.20. The van der Waals surface area contributed by atoms with Gasteiger partial charge in [-0.25, -0.2) is 4.68 Å². The van der Waals surface area contributed by atoms with Crippen LogP contribution < -0.4 is 15.6 Å². The van der Waals surface area contributed by atoms with Gasteiger partial charge in [0.1, 0.15) is 5.75 Å². The van der Waals surface area contributed by atoms with E-state index < -0.39 is 0 Å². The number of methoxy groups -OCH3 is 1. The predicted octanol–water partition coefficient (Wildman–Crippen LogP) is 1.60. The summed E-state index contributed by atoms with van der Waals surface area (Å²) in [4.78, 5) is 12.0. The van der Waals surface area contributed by atoms with E-state index in [9.17, 15) is 4.79 Å². The van der Waals surface area contributed by atoms with Crippen LogP contribution in [0.5, 0.6) is 5.75 Å². The van der Waals surface area contributed by atoms with Crippen LogP contribution in [0.2, 0.25) is 0 Å². The number of anilines is 1. The first-order chi connectivity index (χ1) is 10.2. The maximum atomic E-state index is 12.0. The first kappa shape index (κ1) is 14.6. The molecule has 6 heteroatoms. The van der Waals surface area contributed by atoms with Crippen LogP contribution in [0, 0.1) is 11.3 Å². The summed E-state index contributed by atoms with van der Waals surface area (Å²) in [6, 6.07) is 8.66. The SMILES string of the molecule is CCNc1cnn(Cc2cc(C#N)ccc2OC)c(=O)c1. The maximum Gasteiger partial charge on any atom is 0.269 e. The number of aromatic nitrogens is 2. The molecule has 0 saturated heterocycles. The van der Waals surface area contributed by atoms with Crippen LogP contribution >= 0.6 is 0 Å². The average Bonchev–Trinajstić information content (AvgIpc) is 2.50. The van der Waals surface area contributed by atoms with Crippen molar-refractivity contribution < 1.29 is 4.74 Å². The van der Waals surface area contributed by atoms with Gasteiger partial charge in [-0.2, -0.15) is 10.4 Å². The molecule has 0 unspecified atom stereocenters. The lowest BCUT2D eigenvalue weighted by atomic mass is 10.1.